The van der Waals surface area contributed by atoms with Crippen molar-refractivity contribution < 1.29 is 18.6 Å². The molecule has 1 fully saturated rings. The first-order valence-corrected chi connectivity index (χ1v) is 6.46. The molecule has 2 N–H and O–H groups in total. The Morgan fingerprint density at radius 1 is 1.47 bits per heavy atom. The van der Waals surface area contributed by atoms with Crippen LogP contribution in [0.2, 0.25) is 0 Å². The quantitative estimate of drug-likeness (QED) is 0.881. The minimum atomic E-state index is -1.07. The number of rotatable bonds is 4. The third-order valence-electron chi connectivity index (χ3n) is 3.48. The molecule has 1 aromatic carbocycles. The number of aliphatic hydroxyl groups is 1. The summed E-state index contributed by atoms with van der Waals surface area (Å²) >= 11 is 0. The van der Waals surface area contributed by atoms with E-state index in [1.54, 1.807) is 0 Å². The van der Waals surface area contributed by atoms with Gasteiger partial charge in [-0.1, -0.05) is 0 Å². The first kappa shape index (κ1) is 14.4. The number of benzene rings is 1. The summed E-state index contributed by atoms with van der Waals surface area (Å²) in [6.07, 6.45) is 0.814. The fourth-order valence-corrected chi connectivity index (χ4v) is 2.30. The zero-order valence-electron chi connectivity index (χ0n) is 11.0. The van der Waals surface area contributed by atoms with Gasteiger partial charge in [-0.05, 0) is 38.0 Å². The summed E-state index contributed by atoms with van der Waals surface area (Å²) in [4.78, 5) is 0. The van der Waals surface area contributed by atoms with Crippen LogP contribution < -0.4 is 5.32 Å². The number of halogens is 2. The molecular formula is C14H19F2NO2. The van der Waals surface area contributed by atoms with Gasteiger partial charge < -0.3 is 15.2 Å². The monoisotopic (exact) mass is 271 g/mol. The molecule has 0 radical (unpaired) electrons. The lowest BCUT2D eigenvalue weighted by Gasteiger charge is -2.35. The number of aliphatic hydroxyl groups excluding tert-OH is 1. The summed E-state index contributed by atoms with van der Waals surface area (Å²) < 4.78 is 31.9. The summed E-state index contributed by atoms with van der Waals surface area (Å²) in [7, 11) is 0. The maximum atomic E-state index is 13.5. The number of β-amino-alcohol motifs (C(OH)–C–C–N with tert-alkyl or cyclic N) is 1. The van der Waals surface area contributed by atoms with Gasteiger partial charge in [0.1, 0.15) is 11.6 Å². The number of hydrogen-bond donors (Lipinski definition) is 2. The van der Waals surface area contributed by atoms with Crippen molar-refractivity contribution in [1.82, 2.24) is 5.32 Å². The van der Waals surface area contributed by atoms with E-state index in [-0.39, 0.29) is 17.6 Å². The summed E-state index contributed by atoms with van der Waals surface area (Å²) in [5.74, 6) is -1.15. The van der Waals surface area contributed by atoms with Crippen molar-refractivity contribution in [3.63, 3.8) is 0 Å². The van der Waals surface area contributed by atoms with E-state index >= 15 is 0 Å². The van der Waals surface area contributed by atoms with Gasteiger partial charge in [-0.2, -0.15) is 0 Å². The van der Waals surface area contributed by atoms with E-state index in [2.05, 4.69) is 5.32 Å². The van der Waals surface area contributed by atoms with Gasteiger partial charge in [0, 0.05) is 24.3 Å². The Morgan fingerprint density at radius 2 is 2.26 bits per heavy atom. The molecule has 0 aromatic heterocycles. The van der Waals surface area contributed by atoms with E-state index in [0.717, 1.165) is 37.6 Å². The van der Waals surface area contributed by atoms with Crippen LogP contribution in [-0.4, -0.2) is 30.4 Å². The van der Waals surface area contributed by atoms with Crippen molar-refractivity contribution in [2.24, 2.45) is 0 Å². The Morgan fingerprint density at radius 3 is 2.95 bits per heavy atom. The fraction of sp³-hybridized carbons (Fsp3) is 0.571. The molecule has 0 aliphatic carbocycles. The van der Waals surface area contributed by atoms with E-state index in [0.29, 0.717) is 6.61 Å². The van der Waals surface area contributed by atoms with E-state index < -0.39 is 17.7 Å². The van der Waals surface area contributed by atoms with E-state index in [1.165, 1.54) is 0 Å². The Hall–Kier alpha value is -1.04. The van der Waals surface area contributed by atoms with Gasteiger partial charge in [-0.3, -0.25) is 0 Å². The standard InChI is InChI=1S/C14H19F2NO2/c1-14(5-2-6-19-9-14)17-8-13(18)11-7-10(15)3-4-12(11)16/h3-4,7,13,17-18H,2,5-6,8-9H2,1H3. The molecule has 0 saturated carbocycles. The average Bonchev–Trinajstić information content (AvgIpc) is 2.40. The van der Waals surface area contributed by atoms with Crippen molar-refractivity contribution in [2.75, 3.05) is 19.8 Å². The highest BCUT2D eigenvalue weighted by Crippen LogP contribution is 2.21. The second-order valence-electron chi connectivity index (χ2n) is 5.28. The Balaban J connectivity index is 1.97. The molecule has 3 nitrogen and oxygen atoms in total. The molecule has 5 heteroatoms. The van der Waals surface area contributed by atoms with Gasteiger partial charge in [0.05, 0.1) is 12.7 Å². The Labute approximate surface area is 111 Å². The van der Waals surface area contributed by atoms with Crippen LogP contribution in [-0.2, 0) is 4.74 Å². The highest BCUT2D eigenvalue weighted by atomic mass is 19.1. The van der Waals surface area contributed by atoms with Crippen LogP contribution in [0.3, 0.4) is 0 Å². The van der Waals surface area contributed by atoms with E-state index in [9.17, 15) is 13.9 Å². The molecule has 0 spiro atoms. The Bertz CT molecular complexity index is 433. The van der Waals surface area contributed by atoms with Crippen molar-refractivity contribution in [3.8, 4) is 0 Å². The summed E-state index contributed by atoms with van der Waals surface area (Å²) in [6, 6.07) is 3.09. The van der Waals surface area contributed by atoms with Crippen LogP contribution >= 0.6 is 0 Å². The van der Waals surface area contributed by atoms with Gasteiger partial charge >= 0.3 is 0 Å². The molecule has 19 heavy (non-hydrogen) atoms. The van der Waals surface area contributed by atoms with E-state index in [4.69, 9.17) is 4.74 Å². The average molecular weight is 271 g/mol. The van der Waals surface area contributed by atoms with Crippen molar-refractivity contribution in [1.29, 1.82) is 0 Å². The fourth-order valence-electron chi connectivity index (χ4n) is 2.30. The SMILES string of the molecule is CC1(NCC(O)c2cc(F)ccc2F)CCCOC1. The molecule has 106 valence electrons. The van der Waals surface area contributed by atoms with Gasteiger partial charge in [0.15, 0.2) is 0 Å². The smallest absolute Gasteiger partial charge is 0.129 e. The van der Waals surface area contributed by atoms with Crippen LogP contribution in [0.5, 0.6) is 0 Å². The predicted molar refractivity (Wildman–Crippen MR) is 67.8 cm³/mol. The molecular weight excluding hydrogens is 252 g/mol. The summed E-state index contributed by atoms with van der Waals surface area (Å²) in [5.41, 5.74) is -0.240. The molecule has 2 atom stereocenters. The third-order valence-corrected chi connectivity index (χ3v) is 3.48. The van der Waals surface area contributed by atoms with Crippen molar-refractivity contribution in [2.45, 2.75) is 31.4 Å². The lowest BCUT2D eigenvalue weighted by Crippen LogP contribution is -2.50. The topological polar surface area (TPSA) is 41.5 Å². The second-order valence-corrected chi connectivity index (χ2v) is 5.28. The highest BCUT2D eigenvalue weighted by Gasteiger charge is 2.28. The first-order valence-electron chi connectivity index (χ1n) is 6.46. The van der Waals surface area contributed by atoms with Crippen LogP contribution in [0, 0.1) is 11.6 Å². The molecule has 1 aliphatic heterocycles. The van der Waals surface area contributed by atoms with Crippen LogP contribution in [0.1, 0.15) is 31.4 Å². The number of hydrogen-bond acceptors (Lipinski definition) is 3. The maximum absolute atomic E-state index is 13.5. The van der Waals surface area contributed by atoms with Crippen molar-refractivity contribution >= 4 is 0 Å². The first-order chi connectivity index (χ1) is 9.00. The second kappa shape index (κ2) is 5.94. The van der Waals surface area contributed by atoms with Crippen LogP contribution in [0.25, 0.3) is 0 Å². The maximum Gasteiger partial charge on any atom is 0.129 e. The third kappa shape index (κ3) is 3.72. The number of ether oxygens (including phenoxy) is 1. The Kier molecular flexibility index (Phi) is 4.50. The largest absolute Gasteiger partial charge is 0.387 e. The summed E-state index contributed by atoms with van der Waals surface area (Å²) in [5, 5.41) is 13.1. The minimum absolute atomic E-state index is 0.0205. The molecule has 1 aliphatic rings. The zero-order chi connectivity index (χ0) is 13.9. The normalized spacial score (nSPS) is 25.3. The van der Waals surface area contributed by atoms with Crippen molar-refractivity contribution in [3.05, 3.63) is 35.4 Å². The molecule has 1 saturated heterocycles. The molecule has 1 aromatic rings. The van der Waals surface area contributed by atoms with Crippen LogP contribution in [0.15, 0.2) is 18.2 Å². The van der Waals surface area contributed by atoms with Gasteiger partial charge in [0.25, 0.3) is 0 Å². The minimum Gasteiger partial charge on any atom is -0.387 e. The lowest BCUT2D eigenvalue weighted by atomic mass is 9.94. The van der Waals surface area contributed by atoms with Crippen LogP contribution in [0.4, 0.5) is 8.78 Å². The lowest BCUT2D eigenvalue weighted by molar-refractivity contribution is 0.0219. The molecule has 2 rings (SSSR count). The molecule has 0 amide bonds. The zero-order valence-corrected chi connectivity index (χ0v) is 11.0. The van der Waals surface area contributed by atoms with Gasteiger partial charge in [-0.25, -0.2) is 8.78 Å². The predicted octanol–water partition coefficient (Wildman–Crippen LogP) is 2.16. The molecule has 0 bridgehead atoms. The number of nitrogens with one attached hydrogen (secondary N) is 1. The molecule has 1 heterocycles. The highest BCUT2D eigenvalue weighted by molar-refractivity contribution is 5.21. The summed E-state index contributed by atoms with van der Waals surface area (Å²) in [6.45, 7) is 3.48. The van der Waals surface area contributed by atoms with E-state index in [1.807, 2.05) is 6.92 Å². The van der Waals surface area contributed by atoms with Gasteiger partial charge in [0.2, 0.25) is 0 Å². The van der Waals surface area contributed by atoms with Gasteiger partial charge in [-0.15, -0.1) is 0 Å². The molecule has 2 unspecified atom stereocenters.